The number of aromatic nitrogens is 2. The Balaban J connectivity index is 1.54. The van der Waals surface area contributed by atoms with Crippen molar-refractivity contribution in [1.29, 1.82) is 0 Å². The molecule has 0 saturated carbocycles. The van der Waals surface area contributed by atoms with Crippen LogP contribution < -0.4 is 15.8 Å². The molecule has 3 heterocycles. The second-order valence-electron chi connectivity index (χ2n) is 7.70. The number of piperazine rings is 1. The van der Waals surface area contributed by atoms with Crippen molar-refractivity contribution in [3.8, 4) is 16.3 Å². The van der Waals surface area contributed by atoms with Crippen LogP contribution in [0.2, 0.25) is 0 Å². The number of ether oxygens (including phenoxy) is 1. The van der Waals surface area contributed by atoms with Gasteiger partial charge in [-0.15, -0.1) is 22.7 Å². The zero-order valence-corrected chi connectivity index (χ0v) is 20.4. The van der Waals surface area contributed by atoms with E-state index in [1.165, 1.54) is 22.7 Å². The number of carbonyl (C=O) groups is 2. The first kappa shape index (κ1) is 23.1. The summed E-state index contributed by atoms with van der Waals surface area (Å²) in [5.74, 6) is 0.0627. The van der Waals surface area contributed by atoms with Gasteiger partial charge in [0.05, 0.1) is 28.6 Å². The van der Waals surface area contributed by atoms with Crippen molar-refractivity contribution in [3.05, 3.63) is 39.8 Å². The van der Waals surface area contributed by atoms with E-state index < -0.39 is 5.91 Å². The van der Waals surface area contributed by atoms with Crippen molar-refractivity contribution in [1.82, 2.24) is 19.8 Å². The van der Waals surface area contributed by atoms with Crippen LogP contribution in [0, 0.1) is 6.92 Å². The van der Waals surface area contributed by atoms with Gasteiger partial charge in [-0.1, -0.05) is 0 Å². The molecule has 0 unspecified atom stereocenters. The fraction of sp³-hybridized carbons (Fsp3) is 0.364. The van der Waals surface area contributed by atoms with Gasteiger partial charge in [0.1, 0.15) is 5.75 Å². The number of hydrogen-bond donors (Lipinski definition) is 2. The smallest absolute Gasteiger partial charge is 0.282 e. The minimum absolute atomic E-state index is 0.0272. The summed E-state index contributed by atoms with van der Waals surface area (Å²) in [5, 5.41) is 6.27. The second-order valence-corrected chi connectivity index (χ2v) is 9.56. The number of benzene rings is 1. The molecule has 11 heteroatoms. The van der Waals surface area contributed by atoms with Crippen LogP contribution in [0.15, 0.2) is 23.6 Å². The Morgan fingerprint density at radius 2 is 1.97 bits per heavy atom. The maximum Gasteiger partial charge on any atom is 0.282 e. The van der Waals surface area contributed by atoms with Crippen LogP contribution in [-0.4, -0.2) is 71.4 Å². The number of thiazole rings is 2. The molecule has 2 amide bonds. The van der Waals surface area contributed by atoms with Crippen LogP contribution in [-0.2, 0) is 0 Å². The van der Waals surface area contributed by atoms with E-state index in [-0.39, 0.29) is 5.91 Å². The number of nitrogens with two attached hydrogens (primary N) is 1. The highest BCUT2D eigenvalue weighted by atomic mass is 32.1. The van der Waals surface area contributed by atoms with E-state index in [1.54, 1.807) is 18.2 Å². The first-order valence-corrected chi connectivity index (χ1v) is 12.3. The zero-order chi connectivity index (χ0) is 23.5. The minimum atomic E-state index is -0.515. The predicted octanol–water partition coefficient (Wildman–Crippen LogP) is 3.20. The fourth-order valence-electron chi connectivity index (χ4n) is 3.48. The topological polar surface area (TPSA) is 114 Å². The molecular weight excluding hydrogens is 460 g/mol. The Morgan fingerprint density at radius 1 is 1.21 bits per heavy atom. The highest BCUT2D eigenvalue weighted by molar-refractivity contribution is 7.18. The number of amides is 2. The van der Waals surface area contributed by atoms with Gasteiger partial charge in [0, 0.05) is 37.1 Å². The quantitative estimate of drug-likeness (QED) is 0.527. The van der Waals surface area contributed by atoms with Crippen molar-refractivity contribution >= 4 is 45.3 Å². The van der Waals surface area contributed by atoms with E-state index in [1.807, 2.05) is 24.1 Å². The third-order valence-electron chi connectivity index (χ3n) is 5.31. The van der Waals surface area contributed by atoms with Crippen LogP contribution in [0.25, 0.3) is 10.6 Å². The molecule has 1 aliphatic heterocycles. The summed E-state index contributed by atoms with van der Waals surface area (Å²) in [6.07, 6.45) is 0. The van der Waals surface area contributed by atoms with Gasteiger partial charge < -0.3 is 25.6 Å². The SMILES string of the molecule is CCOc1ccc(C(N)=O)cc1Nc1nc(-c2sc(C(=O)N3CCN(C)CC3)nc2C)cs1. The van der Waals surface area contributed by atoms with E-state index >= 15 is 0 Å². The third kappa shape index (κ3) is 5.15. The van der Waals surface area contributed by atoms with Gasteiger partial charge >= 0.3 is 0 Å². The first-order chi connectivity index (χ1) is 15.9. The monoisotopic (exact) mass is 486 g/mol. The predicted molar refractivity (Wildman–Crippen MR) is 131 cm³/mol. The Labute approximate surface area is 200 Å². The minimum Gasteiger partial charge on any atom is -0.492 e. The van der Waals surface area contributed by atoms with Crippen LogP contribution in [0.4, 0.5) is 10.8 Å². The summed E-state index contributed by atoms with van der Waals surface area (Å²) < 4.78 is 5.66. The molecule has 0 bridgehead atoms. The molecule has 3 N–H and O–H groups in total. The Kier molecular flexibility index (Phi) is 6.91. The van der Waals surface area contributed by atoms with Crippen LogP contribution in [0.1, 0.15) is 32.8 Å². The Hall–Kier alpha value is -3.02. The van der Waals surface area contributed by atoms with Crippen molar-refractivity contribution in [2.75, 3.05) is 45.2 Å². The highest BCUT2D eigenvalue weighted by Gasteiger charge is 2.25. The van der Waals surface area contributed by atoms with Crippen LogP contribution >= 0.6 is 22.7 Å². The Morgan fingerprint density at radius 3 is 2.67 bits per heavy atom. The van der Waals surface area contributed by atoms with Crippen molar-refractivity contribution in [2.24, 2.45) is 5.73 Å². The molecule has 174 valence electrons. The molecule has 1 aromatic carbocycles. The second kappa shape index (κ2) is 9.86. The molecule has 0 spiro atoms. The molecule has 0 radical (unpaired) electrons. The maximum atomic E-state index is 12.9. The highest BCUT2D eigenvalue weighted by Crippen LogP contribution is 2.35. The summed E-state index contributed by atoms with van der Waals surface area (Å²) >= 11 is 2.79. The van der Waals surface area contributed by atoms with Gasteiger partial charge in [-0.25, -0.2) is 9.97 Å². The van der Waals surface area contributed by atoms with E-state index in [4.69, 9.17) is 10.5 Å². The zero-order valence-electron chi connectivity index (χ0n) is 18.8. The maximum absolute atomic E-state index is 12.9. The van der Waals surface area contributed by atoms with Crippen molar-refractivity contribution < 1.29 is 14.3 Å². The summed E-state index contributed by atoms with van der Waals surface area (Å²) in [5.41, 5.74) is 7.94. The summed E-state index contributed by atoms with van der Waals surface area (Å²) in [6.45, 7) is 7.41. The Bertz CT molecular complexity index is 1170. The average molecular weight is 487 g/mol. The van der Waals surface area contributed by atoms with Crippen LogP contribution in [0.5, 0.6) is 5.75 Å². The number of carbonyl (C=O) groups excluding carboxylic acids is 2. The van der Waals surface area contributed by atoms with Crippen molar-refractivity contribution in [2.45, 2.75) is 13.8 Å². The number of nitrogens with one attached hydrogen (secondary N) is 1. The molecule has 0 aliphatic carbocycles. The summed E-state index contributed by atoms with van der Waals surface area (Å²) in [6, 6.07) is 4.99. The van der Waals surface area contributed by atoms with E-state index in [9.17, 15) is 9.59 Å². The molecule has 9 nitrogen and oxygen atoms in total. The average Bonchev–Trinajstić information content (AvgIpc) is 3.41. The van der Waals surface area contributed by atoms with Gasteiger partial charge in [0.15, 0.2) is 10.1 Å². The molecule has 1 saturated heterocycles. The fourth-order valence-corrected chi connectivity index (χ4v) is 5.27. The third-order valence-corrected chi connectivity index (χ3v) is 7.24. The number of hydrogen-bond acceptors (Lipinski definition) is 9. The summed E-state index contributed by atoms with van der Waals surface area (Å²) in [7, 11) is 2.06. The molecule has 1 fully saturated rings. The van der Waals surface area contributed by atoms with E-state index in [2.05, 4.69) is 27.2 Å². The normalized spacial score (nSPS) is 14.3. The number of likely N-dealkylation sites (N-methyl/N-ethyl adjacent to an activating group) is 1. The molecule has 0 atom stereocenters. The molecule has 1 aliphatic rings. The number of rotatable bonds is 7. The lowest BCUT2D eigenvalue weighted by atomic mass is 10.2. The number of anilines is 2. The lowest BCUT2D eigenvalue weighted by Crippen LogP contribution is -2.47. The first-order valence-electron chi connectivity index (χ1n) is 10.6. The lowest BCUT2D eigenvalue weighted by Gasteiger charge is -2.31. The largest absolute Gasteiger partial charge is 0.492 e. The molecule has 33 heavy (non-hydrogen) atoms. The molecule has 4 rings (SSSR count). The van der Waals surface area contributed by atoms with Crippen LogP contribution in [0.3, 0.4) is 0 Å². The molecular formula is C22H26N6O3S2. The van der Waals surface area contributed by atoms with Gasteiger partial charge in [-0.2, -0.15) is 0 Å². The number of aryl methyl sites for hydroxylation is 1. The van der Waals surface area contributed by atoms with E-state index in [0.29, 0.717) is 46.8 Å². The molecule has 2 aromatic heterocycles. The van der Waals surface area contributed by atoms with Crippen molar-refractivity contribution in [3.63, 3.8) is 0 Å². The van der Waals surface area contributed by atoms with Gasteiger partial charge in [0.2, 0.25) is 5.91 Å². The van der Waals surface area contributed by atoms with Gasteiger partial charge in [-0.05, 0) is 39.1 Å². The van der Waals surface area contributed by atoms with Gasteiger partial charge in [-0.3, -0.25) is 9.59 Å². The lowest BCUT2D eigenvalue weighted by molar-refractivity contribution is 0.0663. The number of nitrogens with zero attached hydrogens (tertiary/aromatic N) is 4. The van der Waals surface area contributed by atoms with E-state index in [0.717, 1.165) is 29.4 Å². The molecule has 3 aromatic rings. The van der Waals surface area contributed by atoms with Gasteiger partial charge in [0.25, 0.3) is 5.91 Å². The number of primary amides is 1. The summed E-state index contributed by atoms with van der Waals surface area (Å²) in [4.78, 5) is 38.6. The standard InChI is InChI=1S/C22H26N6O3S2/c1-4-31-17-6-5-14(19(23)29)11-15(17)25-22-26-16(12-32-22)18-13(2)24-20(33-18)21(30)28-9-7-27(3)8-10-28/h5-6,11-12H,4,7-10H2,1-3H3,(H2,23,29)(H,25,26).